The number of thioether (sulfide) groups is 1. The first-order valence-electron chi connectivity index (χ1n) is 8.81. The van der Waals surface area contributed by atoms with E-state index in [1.807, 2.05) is 24.3 Å². The fraction of sp³-hybridized carbons (Fsp3) is 0.421. The monoisotopic (exact) mass is 373 g/mol. The Labute approximate surface area is 156 Å². The minimum Gasteiger partial charge on any atom is -0.496 e. The standard InChI is InChI=1S/C19H23N3O3S/c1-25-16-9-5-2-6-13(16)10-11-20-17(23)12-26-18-14-7-3-4-8-15(14)21-19(24)22-18/h2,5-6,9H,3-4,7-8,10-12H2,1H3,(H,20,23)(H,21,22,24). The first-order chi connectivity index (χ1) is 12.7. The molecule has 6 nitrogen and oxygen atoms in total. The lowest BCUT2D eigenvalue weighted by Crippen LogP contribution is -2.28. The van der Waals surface area contributed by atoms with E-state index < -0.39 is 0 Å². The van der Waals surface area contributed by atoms with Gasteiger partial charge < -0.3 is 15.0 Å². The molecule has 1 aromatic carbocycles. The Morgan fingerprint density at radius 2 is 2.12 bits per heavy atom. The molecule has 2 aromatic rings. The minimum atomic E-state index is -0.329. The second-order valence-corrected chi connectivity index (χ2v) is 7.18. The van der Waals surface area contributed by atoms with Crippen LogP contribution in [0.25, 0.3) is 0 Å². The van der Waals surface area contributed by atoms with Crippen molar-refractivity contribution in [2.45, 2.75) is 37.1 Å². The van der Waals surface area contributed by atoms with Crippen LogP contribution in [0, 0.1) is 0 Å². The average Bonchev–Trinajstić information content (AvgIpc) is 2.66. The number of ether oxygens (including phenoxy) is 1. The van der Waals surface area contributed by atoms with Gasteiger partial charge in [0.2, 0.25) is 5.91 Å². The quantitative estimate of drug-likeness (QED) is 0.574. The third-order valence-electron chi connectivity index (χ3n) is 4.44. The van der Waals surface area contributed by atoms with Gasteiger partial charge in [-0.25, -0.2) is 4.79 Å². The Hall–Kier alpha value is -2.28. The van der Waals surface area contributed by atoms with E-state index in [-0.39, 0.29) is 17.3 Å². The summed E-state index contributed by atoms with van der Waals surface area (Å²) in [6.45, 7) is 0.542. The number of methoxy groups -OCH3 is 1. The number of nitrogens with one attached hydrogen (secondary N) is 2. The van der Waals surface area contributed by atoms with E-state index in [1.165, 1.54) is 11.8 Å². The van der Waals surface area contributed by atoms with E-state index in [4.69, 9.17) is 4.74 Å². The number of aryl methyl sites for hydroxylation is 1. The zero-order chi connectivity index (χ0) is 18.4. The van der Waals surface area contributed by atoms with Gasteiger partial charge in [-0.15, -0.1) is 0 Å². The Bertz CT molecular complexity index is 835. The number of para-hydroxylation sites is 1. The highest BCUT2D eigenvalue weighted by atomic mass is 32.2. The van der Waals surface area contributed by atoms with Crippen LogP contribution >= 0.6 is 11.8 Å². The number of rotatable bonds is 7. The number of carbonyl (C=O) groups excluding carboxylic acids is 1. The molecule has 3 rings (SSSR count). The van der Waals surface area contributed by atoms with E-state index >= 15 is 0 Å². The highest BCUT2D eigenvalue weighted by Gasteiger charge is 2.17. The lowest BCUT2D eigenvalue weighted by molar-refractivity contribution is -0.118. The average molecular weight is 373 g/mol. The van der Waals surface area contributed by atoms with Crippen molar-refractivity contribution in [1.82, 2.24) is 15.3 Å². The van der Waals surface area contributed by atoms with Gasteiger partial charge in [0.25, 0.3) is 0 Å². The van der Waals surface area contributed by atoms with Crippen molar-refractivity contribution >= 4 is 17.7 Å². The van der Waals surface area contributed by atoms with Gasteiger partial charge >= 0.3 is 5.69 Å². The van der Waals surface area contributed by atoms with Crippen molar-refractivity contribution in [2.75, 3.05) is 19.4 Å². The van der Waals surface area contributed by atoms with Crippen LogP contribution in [-0.4, -0.2) is 35.3 Å². The fourth-order valence-corrected chi connectivity index (χ4v) is 4.06. The van der Waals surface area contributed by atoms with Crippen molar-refractivity contribution < 1.29 is 9.53 Å². The highest BCUT2D eigenvalue weighted by Crippen LogP contribution is 2.26. The summed E-state index contributed by atoms with van der Waals surface area (Å²) in [6, 6.07) is 7.78. The van der Waals surface area contributed by atoms with Crippen molar-refractivity contribution in [3.05, 3.63) is 51.6 Å². The zero-order valence-corrected chi connectivity index (χ0v) is 15.7. The van der Waals surface area contributed by atoms with Crippen LogP contribution in [0.3, 0.4) is 0 Å². The van der Waals surface area contributed by atoms with Crippen LogP contribution in [0.4, 0.5) is 0 Å². The highest BCUT2D eigenvalue weighted by molar-refractivity contribution is 7.99. The smallest absolute Gasteiger partial charge is 0.346 e. The molecule has 0 bridgehead atoms. The lowest BCUT2D eigenvalue weighted by atomic mass is 9.98. The van der Waals surface area contributed by atoms with Gasteiger partial charge in [0.1, 0.15) is 10.8 Å². The number of aromatic amines is 1. The maximum atomic E-state index is 12.1. The third kappa shape index (κ3) is 4.66. The Balaban J connectivity index is 1.52. The largest absolute Gasteiger partial charge is 0.496 e. The Morgan fingerprint density at radius 3 is 2.96 bits per heavy atom. The predicted molar refractivity (Wildman–Crippen MR) is 102 cm³/mol. The molecule has 0 saturated carbocycles. The molecule has 1 amide bonds. The predicted octanol–water partition coefficient (Wildman–Crippen LogP) is 2.11. The van der Waals surface area contributed by atoms with Crippen LogP contribution < -0.4 is 15.7 Å². The second-order valence-electron chi connectivity index (χ2n) is 6.21. The summed E-state index contributed by atoms with van der Waals surface area (Å²) in [5, 5.41) is 3.62. The number of carbonyl (C=O) groups is 1. The van der Waals surface area contributed by atoms with Gasteiger partial charge in [0, 0.05) is 17.8 Å². The number of hydrogen-bond donors (Lipinski definition) is 2. The molecule has 1 aromatic heterocycles. The van der Waals surface area contributed by atoms with E-state index in [0.29, 0.717) is 18.0 Å². The maximum absolute atomic E-state index is 12.1. The minimum absolute atomic E-state index is 0.0588. The van der Waals surface area contributed by atoms with E-state index in [2.05, 4.69) is 15.3 Å². The van der Waals surface area contributed by atoms with Crippen LogP contribution in [0.15, 0.2) is 34.1 Å². The number of H-pyrrole nitrogens is 1. The summed E-state index contributed by atoms with van der Waals surface area (Å²) in [7, 11) is 1.64. The molecule has 0 spiro atoms. The van der Waals surface area contributed by atoms with Gasteiger partial charge in [-0.1, -0.05) is 30.0 Å². The van der Waals surface area contributed by atoms with Crippen LogP contribution in [0.5, 0.6) is 5.75 Å². The van der Waals surface area contributed by atoms with Gasteiger partial charge in [-0.3, -0.25) is 4.79 Å². The molecule has 2 N–H and O–H groups in total. The molecule has 0 aliphatic heterocycles. The molecule has 26 heavy (non-hydrogen) atoms. The van der Waals surface area contributed by atoms with Crippen LogP contribution in [0.1, 0.15) is 29.7 Å². The molecule has 7 heteroatoms. The number of nitrogens with zero attached hydrogens (tertiary/aromatic N) is 1. The molecule has 0 fully saturated rings. The molecule has 1 aliphatic rings. The maximum Gasteiger partial charge on any atom is 0.346 e. The number of amides is 1. The van der Waals surface area contributed by atoms with Gasteiger partial charge in [0.15, 0.2) is 0 Å². The molecule has 0 saturated heterocycles. The van der Waals surface area contributed by atoms with Gasteiger partial charge in [0.05, 0.1) is 12.9 Å². The lowest BCUT2D eigenvalue weighted by Gasteiger charge is -2.17. The molecular weight excluding hydrogens is 350 g/mol. The van der Waals surface area contributed by atoms with Crippen LogP contribution in [-0.2, 0) is 24.1 Å². The summed E-state index contributed by atoms with van der Waals surface area (Å²) in [6.07, 6.45) is 4.68. The van der Waals surface area contributed by atoms with Crippen molar-refractivity contribution in [2.24, 2.45) is 0 Å². The third-order valence-corrected chi connectivity index (χ3v) is 5.45. The van der Waals surface area contributed by atoms with E-state index in [1.54, 1.807) is 7.11 Å². The number of fused-ring (bicyclic) bond motifs is 1. The molecule has 1 aliphatic carbocycles. The van der Waals surface area contributed by atoms with Crippen molar-refractivity contribution in [3.8, 4) is 5.75 Å². The second kappa shape index (κ2) is 8.89. The van der Waals surface area contributed by atoms with E-state index in [0.717, 1.165) is 48.3 Å². The van der Waals surface area contributed by atoms with Gasteiger partial charge in [-0.05, 0) is 43.7 Å². The normalized spacial score (nSPS) is 13.1. The fourth-order valence-electron chi connectivity index (χ4n) is 3.15. The zero-order valence-electron chi connectivity index (χ0n) is 14.8. The molecule has 0 radical (unpaired) electrons. The summed E-state index contributed by atoms with van der Waals surface area (Å²) in [5.41, 5.74) is 2.82. The molecular formula is C19H23N3O3S. The molecule has 0 unspecified atom stereocenters. The van der Waals surface area contributed by atoms with Crippen LogP contribution in [0.2, 0.25) is 0 Å². The van der Waals surface area contributed by atoms with Crippen molar-refractivity contribution in [3.63, 3.8) is 0 Å². The SMILES string of the molecule is COc1ccccc1CCNC(=O)CSc1nc(=O)[nH]c2c1CCCC2. The topological polar surface area (TPSA) is 84.1 Å². The Kier molecular flexibility index (Phi) is 6.33. The summed E-state index contributed by atoms with van der Waals surface area (Å²) in [5.74, 6) is 1.03. The van der Waals surface area contributed by atoms with Crippen molar-refractivity contribution in [1.29, 1.82) is 0 Å². The van der Waals surface area contributed by atoms with E-state index in [9.17, 15) is 9.59 Å². The summed E-state index contributed by atoms with van der Waals surface area (Å²) >= 11 is 1.34. The summed E-state index contributed by atoms with van der Waals surface area (Å²) in [4.78, 5) is 30.7. The number of hydrogen-bond acceptors (Lipinski definition) is 5. The Morgan fingerprint density at radius 1 is 1.31 bits per heavy atom. The first-order valence-corrected chi connectivity index (χ1v) is 9.79. The first kappa shape index (κ1) is 18.5. The molecule has 0 atom stereocenters. The molecule has 138 valence electrons. The number of benzene rings is 1. The molecule has 1 heterocycles. The number of aromatic nitrogens is 2. The van der Waals surface area contributed by atoms with Gasteiger partial charge in [-0.2, -0.15) is 4.98 Å². The summed E-state index contributed by atoms with van der Waals surface area (Å²) < 4.78 is 5.31.